The molecule has 0 aliphatic carbocycles. The average Bonchev–Trinajstić information content (AvgIpc) is 2.76. The van der Waals surface area contributed by atoms with Crippen LogP contribution in [-0.4, -0.2) is 67.6 Å². The summed E-state index contributed by atoms with van der Waals surface area (Å²) >= 11 is 0. The molecule has 0 spiro atoms. The van der Waals surface area contributed by atoms with E-state index in [4.69, 9.17) is 14.5 Å². The van der Waals surface area contributed by atoms with Gasteiger partial charge in [-0.1, -0.05) is 29.8 Å². The van der Waals surface area contributed by atoms with Crippen molar-refractivity contribution >= 4 is 29.9 Å². The molecule has 30 heavy (non-hydrogen) atoms. The monoisotopic (exact) mass is 531 g/mol. The molecule has 3 rings (SSSR count). The third-order valence-electron chi connectivity index (χ3n) is 5.71. The summed E-state index contributed by atoms with van der Waals surface area (Å²) in [6.07, 6.45) is 5.55. The SMILES string of the molecule is CCNC(=NCC(O)c1cccc(C)c1)N1CCC(OCC2CCCCO2)CC1.I. The van der Waals surface area contributed by atoms with Gasteiger partial charge in [-0.25, -0.2) is 0 Å². The Morgan fingerprint density at radius 2 is 2.10 bits per heavy atom. The molecule has 6 nitrogen and oxygen atoms in total. The van der Waals surface area contributed by atoms with Crippen LogP contribution in [0.4, 0.5) is 0 Å². The van der Waals surface area contributed by atoms with E-state index < -0.39 is 6.10 Å². The summed E-state index contributed by atoms with van der Waals surface area (Å²) in [4.78, 5) is 6.99. The summed E-state index contributed by atoms with van der Waals surface area (Å²) in [5.74, 6) is 0.883. The maximum absolute atomic E-state index is 10.5. The highest BCUT2D eigenvalue weighted by Crippen LogP contribution is 2.19. The largest absolute Gasteiger partial charge is 0.386 e. The average molecular weight is 531 g/mol. The Kier molecular flexibility index (Phi) is 11.4. The van der Waals surface area contributed by atoms with E-state index in [2.05, 4.69) is 17.1 Å². The summed E-state index contributed by atoms with van der Waals surface area (Å²) in [5, 5.41) is 13.9. The fourth-order valence-corrected chi connectivity index (χ4v) is 4.00. The molecular weight excluding hydrogens is 493 g/mol. The predicted molar refractivity (Wildman–Crippen MR) is 132 cm³/mol. The van der Waals surface area contributed by atoms with E-state index in [1.165, 1.54) is 12.8 Å². The van der Waals surface area contributed by atoms with Crippen LogP contribution in [0.25, 0.3) is 0 Å². The predicted octanol–water partition coefficient (Wildman–Crippen LogP) is 3.66. The molecule has 2 fully saturated rings. The number of likely N-dealkylation sites (tertiary alicyclic amines) is 1. The molecule has 2 aliphatic heterocycles. The first-order chi connectivity index (χ1) is 14.2. The van der Waals surface area contributed by atoms with Crippen LogP contribution in [0.3, 0.4) is 0 Å². The highest BCUT2D eigenvalue weighted by Gasteiger charge is 2.24. The quantitative estimate of drug-likeness (QED) is 0.320. The maximum atomic E-state index is 10.5. The van der Waals surface area contributed by atoms with Crippen molar-refractivity contribution in [2.75, 3.05) is 39.4 Å². The summed E-state index contributed by atoms with van der Waals surface area (Å²) in [5.41, 5.74) is 2.07. The third kappa shape index (κ3) is 7.98. The Hall–Kier alpha value is -0.900. The van der Waals surface area contributed by atoms with Crippen LogP contribution >= 0.6 is 24.0 Å². The van der Waals surface area contributed by atoms with Gasteiger partial charge in [0.15, 0.2) is 5.96 Å². The number of piperidine rings is 1. The second-order valence-corrected chi connectivity index (χ2v) is 8.13. The van der Waals surface area contributed by atoms with Crippen LogP contribution in [0.2, 0.25) is 0 Å². The molecule has 0 bridgehead atoms. The fourth-order valence-electron chi connectivity index (χ4n) is 4.00. The Labute approximate surface area is 198 Å². The highest BCUT2D eigenvalue weighted by atomic mass is 127. The minimum absolute atomic E-state index is 0. The zero-order chi connectivity index (χ0) is 20.5. The molecule has 0 aromatic heterocycles. The fraction of sp³-hybridized carbons (Fsp3) is 0.696. The molecule has 2 heterocycles. The molecule has 2 unspecified atom stereocenters. The molecule has 7 heteroatoms. The number of nitrogens with one attached hydrogen (secondary N) is 1. The number of aliphatic hydroxyl groups is 1. The van der Waals surface area contributed by atoms with Gasteiger partial charge in [-0.2, -0.15) is 0 Å². The van der Waals surface area contributed by atoms with E-state index in [1.807, 2.05) is 31.2 Å². The number of nitrogens with zero attached hydrogens (tertiary/aromatic N) is 2. The molecule has 2 aliphatic rings. The van der Waals surface area contributed by atoms with Gasteiger partial charge in [0.25, 0.3) is 0 Å². The number of guanidine groups is 1. The lowest BCUT2D eigenvalue weighted by molar-refractivity contribution is -0.0721. The molecule has 2 atom stereocenters. The van der Waals surface area contributed by atoms with Gasteiger partial charge >= 0.3 is 0 Å². The zero-order valence-electron chi connectivity index (χ0n) is 18.4. The van der Waals surface area contributed by atoms with Gasteiger partial charge in [0.1, 0.15) is 0 Å². The lowest BCUT2D eigenvalue weighted by atomic mass is 10.1. The summed E-state index contributed by atoms with van der Waals surface area (Å²) < 4.78 is 11.9. The number of hydrogen-bond donors (Lipinski definition) is 2. The molecule has 1 aromatic carbocycles. The number of aryl methyl sites for hydroxylation is 1. The van der Waals surface area contributed by atoms with Crippen LogP contribution in [0, 0.1) is 6.92 Å². The van der Waals surface area contributed by atoms with E-state index in [1.54, 1.807) is 0 Å². The van der Waals surface area contributed by atoms with Crippen molar-refractivity contribution in [3.8, 4) is 0 Å². The smallest absolute Gasteiger partial charge is 0.194 e. The van der Waals surface area contributed by atoms with Gasteiger partial charge in [-0.05, 0) is 51.5 Å². The summed E-state index contributed by atoms with van der Waals surface area (Å²) in [6.45, 7) is 8.73. The van der Waals surface area contributed by atoms with E-state index in [-0.39, 0.29) is 30.1 Å². The number of aliphatic hydroxyl groups excluding tert-OH is 1. The van der Waals surface area contributed by atoms with Crippen molar-refractivity contribution in [2.24, 2.45) is 4.99 Å². The topological polar surface area (TPSA) is 66.3 Å². The van der Waals surface area contributed by atoms with Gasteiger partial charge in [0.2, 0.25) is 0 Å². The van der Waals surface area contributed by atoms with E-state index in [0.29, 0.717) is 12.6 Å². The van der Waals surface area contributed by atoms with Crippen LogP contribution < -0.4 is 5.32 Å². The lowest BCUT2D eigenvalue weighted by Crippen LogP contribution is -2.47. The number of hydrogen-bond acceptors (Lipinski definition) is 4. The minimum Gasteiger partial charge on any atom is -0.386 e. The summed E-state index contributed by atoms with van der Waals surface area (Å²) in [7, 11) is 0. The standard InChI is InChI=1S/C23H37N3O3.HI/c1-3-24-23(25-16-22(27)19-8-6-7-18(2)15-19)26-12-10-20(11-13-26)29-17-21-9-4-5-14-28-21;/h6-8,15,20-22,27H,3-5,9-14,16-17H2,1-2H3,(H,24,25);1H. The van der Waals surface area contributed by atoms with Gasteiger partial charge < -0.3 is 24.8 Å². The minimum atomic E-state index is -0.583. The molecule has 170 valence electrons. The van der Waals surface area contributed by atoms with Gasteiger partial charge in [0, 0.05) is 26.2 Å². The van der Waals surface area contributed by atoms with E-state index in [9.17, 15) is 5.11 Å². The van der Waals surface area contributed by atoms with Crippen molar-refractivity contribution in [3.63, 3.8) is 0 Å². The van der Waals surface area contributed by atoms with Crippen molar-refractivity contribution in [2.45, 2.75) is 64.3 Å². The van der Waals surface area contributed by atoms with Crippen LogP contribution in [0.5, 0.6) is 0 Å². The maximum Gasteiger partial charge on any atom is 0.194 e. The second-order valence-electron chi connectivity index (χ2n) is 8.13. The van der Waals surface area contributed by atoms with Crippen molar-refractivity contribution < 1.29 is 14.6 Å². The number of rotatable bonds is 7. The number of halogens is 1. The Balaban J connectivity index is 0.00000320. The normalized spacial score (nSPS) is 21.8. The number of aliphatic imine (C=N–C) groups is 1. The van der Waals surface area contributed by atoms with E-state index >= 15 is 0 Å². The van der Waals surface area contributed by atoms with Gasteiger partial charge in [-0.15, -0.1) is 24.0 Å². The van der Waals surface area contributed by atoms with Gasteiger partial charge in [-0.3, -0.25) is 4.99 Å². The van der Waals surface area contributed by atoms with Crippen LogP contribution in [0.15, 0.2) is 29.3 Å². The third-order valence-corrected chi connectivity index (χ3v) is 5.71. The number of benzene rings is 1. The van der Waals surface area contributed by atoms with Crippen molar-refractivity contribution in [3.05, 3.63) is 35.4 Å². The number of ether oxygens (including phenoxy) is 2. The first-order valence-electron chi connectivity index (χ1n) is 11.2. The molecule has 2 saturated heterocycles. The first kappa shape index (κ1) is 25.4. The Bertz CT molecular complexity index is 644. The highest BCUT2D eigenvalue weighted by molar-refractivity contribution is 14.0. The van der Waals surface area contributed by atoms with Gasteiger partial charge in [0.05, 0.1) is 31.5 Å². The lowest BCUT2D eigenvalue weighted by Gasteiger charge is -2.35. The Morgan fingerprint density at radius 1 is 1.30 bits per heavy atom. The molecule has 2 N–H and O–H groups in total. The molecule has 0 amide bonds. The van der Waals surface area contributed by atoms with E-state index in [0.717, 1.165) is 69.2 Å². The van der Waals surface area contributed by atoms with Crippen molar-refractivity contribution in [1.82, 2.24) is 10.2 Å². The molecular formula is C23H38IN3O3. The van der Waals surface area contributed by atoms with Crippen LogP contribution in [-0.2, 0) is 9.47 Å². The molecule has 0 saturated carbocycles. The summed E-state index contributed by atoms with van der Waals surface area (Å²) in [6, 6.07) is 7.99. The first-order valence-corrected chi connectivity index (χ1v) is 11.2. The van der Waals surface area contributed by atoms with Crippen LogP contribution in [0.1, 0.15) is 56.3 Å². The second kappa shape index (κ2) is 13.5. The zero-order valence-corrected chi connectivity index (χ0v) is 20.7. The van der Waals surface area contributed by atoms with Crippen molar-refractivity contribution in [1.29, 1.82) is 0 Å². The molecule has 0 radical (unpaired) electrons. The Morgan fingerprint density at radius 3 is 2.77 bits per heavy atom. The molecule has 1 aromatic rings.